The maximum absolute atomic E-state index is 11.1. The van der Waals surface area contributed by atoms with Crippen molar-refractivity contribution in [1.29, 1.82) is 0 Å². The number of aliphatic carboxylic acids is 1. The minimum atomic E-state index is -1.73. The van der Waals surface area contributed by atoms with Gasteiger partial charge in [-0.15, -0.1) is 12.6 Å². The molecule has 1 fully saturated rings. The molecule has 19 heavy (non-hydrogen) atoms. The molecule has 2 heterocycles. The third-order valence-electron chi connectivity index (χ3n) is 2.46. The average molecular weight is 282 g/mol. The van der Waals surface area contributed by atoms with Gasteiger partial charge in [0.05, 0.1) is 0 Å². The number of carboxylic acid groups (broad SMARTS) is 1. The van der Waals surface area contributed by atoms with E-state index in [0.717, 1.165) is 0 Å². The van der Waals surface area contributed by atoms with Crippen molar-refractivity contribution in [2.75, 3.05) is 0 Å². The number of pyridine rings is 1. The molecule has 1 N–H and O–H groups in total. The van der Waals surface area contributed by atoms with Gasteiger partial charge in [0.1, 0.15) is 0 Å². The molecule has 1 saturated heterocycles. The molecule has 2 amide bonds. The number of rotatable bonds is 2. The Hall–Kier alpha value is -1.89. The highest BCUT2D eigenvalue weighted by Crippen LogP contribution is 2.26. The number of likely N-dealkylation sites (tertiary alicyclic amines) is 1. The number of thiol groups is 1. The molecule has 1 aromatic rings. The van der Waals surface area contributed by atoms with Crippen LogP contribution in [0.5, 0.6) is 0 Å². The fourth-order valence-electron chi connectivity index (χ4n) is 1.47. The maximum atomic E-state index is 11.1. The molecule has 0 unspecified atom stereocenters. The Morgan fingerprint density at radius 1 is 1.26 bits per heavy atom. The smallest absolute Gasteiger partial charge is 0.340 e. The van der Waals surface area contributed by atoms with Gasteiger partial charge in [-0.3, -0.25) is 19.5 Å². The van der Waals surface area contributed by atoms with E-state index in [9.17, 15) is 14.4 Å². The molecule has 1 aliphatic heterocycles. The van der Waals surface area contributed by atoms with Gasteiger partial charge in [0.25, 0.3) is 0 Å². The molecular weight excluding hydrogens is 268 g/mol. The van der Waals surface area contributed by atoms with Crippen LogP contribution < -0.4 is 0 Å². The Morgan fingerprint density at radius 3 is 2.00 bits per heavy atom. The van der Waals surface area contributed by atoms with Crippen LogP contribution in [0.4, 0.5) is 0 Å². The third-order valence-corrected chi connectivity index (χ3v) is 2.85. The van der Waals surface area contributed by atoms with Crippen molar-refractivity contribution in [1.82, 2.24) is 9.88 Å². The molecule has 0 spiro atoms. The molecule has 1 atom stereocenters. The van der Waals surface area contributed by atoms with Crippen LogP contribution in [0.3, 0.4) is 0 Å². The Bertz CT molecular complexity index is 433. The van der Waals surface area contributed by atoms with Crippen LogP contribution in [0.2, 0.25) is 0 Å². The summed E-state index contributed by atoms with van der Waals surface area (Å²) in [7, 11) is 0. The zero-order valence-corrected chi connectivity index (χ0v) is 11.2. The van der Waals surface area contributed by atoms with Gasteiger partial charge in [0.2, 0.25) is 11.8 Å². The number of nitrogens with zero attached hydrogens (tertiary/aromatic N) is 2. The number of hydrogen-bond donors (Lipinski definition) is 2. The summed E-state index contributed by atoms with van der Waals surface area (Å²) < 4.78 is 0. The van der Waals surface area contributed by atoms with Crippen LogP contribution in [0, 0.1) is 0 Å². The average Bonchev–Trinajstić information content (AvgIpc) is 2.72. The number of amides is 2. The minimum Gasteiger partial charge on any atom is -0.479 e. The first kappa shape index (κ1) is 15.2. The topological polar surface area (TPSA) is 87.6 Å². The van der Waals surface area contributed by atoms with Crippen molar-refractivity contribution >= 4 is 30.4 Å². The largest absolute Gasteiger partial charge is 0.479 e. The van der Waals surface area contributed by atoms with Crippen molar-refractivity contribution in [2.24, 2.45) is 0 Å². The van der Waals surface area contributed by atoms with Crippen LogP contribution >= 0.6 is 12.6 Å². The molecule has 6 nitrogen and oxygen atoms in total. The van der Waals surface area contributed by atoms with E-state index in [-0.39, 0.29) is 12.8 Å². The highest BCUT2D eigenvalue weighted by molar-refractivity contribution is 7.82. The van der Waals surface area contributed by atoms with Crippen molar-refractivity contribution in [3.05, 3.63) is 30.6 Å². The summed E-state index contributed by atoms with van der Waals surface area (Å²) in [5.74, 6) is -2.27. The van der Waals surface area contributed by atoms with E-state index in [0.29, 0.717) is 4.90 Å². The molecule has 1 aromatic heterocycles. The standard InChI is InChI=1S/C7H9NO4S.C5H5N/c1-7(13,6(11)12)8-4(9)2-3-5(8)10;1-2-4-6-5-3-1/h13H,2-3H2,1H3,(H,11,12);1-5H/t7-;/m0./s1. The summed E-state index contributed by atoms with van der Waals surface area (Å²) in [6.07, 6.45) is 3.64. The van der Waals surface area contributed by atoms with E-state index >= 15 is 0 Å². The SMILES string of the molecule is C[C@](S)(C(=O)O)N1C(=O)CCC1=O.c1ccncc1. The van der Waals surface area contributed by atoms with Gasteiger partial charge in [-0.2, -0.15) is 0 Å². The van der Waals surface area contributed by atoms with Crippen molar-refractivity contribution in [3.8, 4) is 0 Å². The Balaban J connectivity index is 0.000000250. The number of imide groups is 1. The molecule has 1 aliphatic rings. The summed E-state index contributed by atoms with van der Waals surface area (Å²) in [5.41, 5.74) is 0. The highest BCUT2D eigenvalue weighted by atomic mass is 32.1. The quantitative estimate of drug-likeness (QED) is 0.623. The normalized spacial score (nSPS) is 17.5. The third kappa shape index (κ3) is 3.78. The lowest BCUT2D eigenvalue weighted by Crippen LogP contribution is -2.50. The Kier molecular flexibility index (Phi) is 5.05. The van der Waals surface area contributed by atoms with Gasteiger partial charge in [-0.25, -0.2) is 4.79 Å². The molecule has 0 radical (unpaired) electrons. The second-order valence-corrected chi connectivity index (χ2v) is 4.84. The molecular formula is C12H14N2O4S. The molecule has 0 aliphatic carbocycles. The number of hydrogen-bond acceptors (Lipinski definition) is 5. The molecule has 0 saturated carbocycles. The van der Waals surface area contributed by atoms with E-state index in [4.69, 9.17) is 5.11 Å². The van der Waals surface area contributed by atoms with Crippen LogP contribution in [-0.2, 0) is 14.4 Å². The van der Waals surface area contributed by atoms with Gasteiger partial charge in [0, 0.05) is 25.2 Å². The first-order chi connectivity index (χ1) is 8.87. The van der Waals surface area contributed by atoms with Crippen LogP contribution in [0.25, 0.3) is 0 Å². The number of carboxylic acids is 1. The zero-order chi connectivity index (χ0) is 14.5. The van der Waals surface area contributed by atoms with E-state index in [1.54, 1.807) is 12.4 Å². The van der Waals surface area contributed by atoms with E-state index in [1.165, 1.54) is 6.92 Å². The summed E-state index contributed by atoms with van der Waals surface area (Å²) >= 11 is 3.78. The highest BCUT2D eigenvalue weighted by Gasteiger charge is 2.45. The van der Waals surface area contributed by atoms with Gasteiger partial charge in [-0.05, 0) is 19.1 Å². The Morgan fingerprint density at radius 2 is 1.74 bits per heavy atom. The zero-order valence-electron chi connectivity index (χ0n) is 10.3. The summed E-state index contributed by atoms with van der Waals surface area (Å²) in [5, 5.41) is 8.71. The van der Waals surface area contributed by atoms with Gasteiger partial charge < -0.3 is 5.11 Å². The van der Waals surface area contributed by atoms with E-state index in [2.05, 4.69) is 17.6 Å². The van der Waals surface area contributed by atoms with Gasteiger partial charge in [-0.1, -0.05) is 6.07 Å². The van der Waals surface area contributed by atoms with Gasteiger partial charge >= 0.3 is 5.97 Å². The summed E-state index contributed by atoms with van der Waals surface area (Å²) in [6, 6.07) is 5.72. The number of carbonyl (C=O) groups is 3. The summed E-state index contributed by atoms with van der Waals surface area (Å²) in [4.78, 5) is 35.7. The monoisotopic (exact) mass is 282 g/mol. The van der Waals surface area contributed by atoms with Crippen LogP contribution in [-0.4, -0.2) is 37.6 Å². The molecule has 0 aromatic carbocycles. The van der Waals surface area contributed by atoms with Crippen LogP contribution in [0.15, 0.2) is 30.6 Å². The first-order valence-corrected chi connectivity index (χ1v) is 5.98. The van der Waals surface area contributed by atoms with Gasteiger partial charge in [0.15, 0.2) is 4.87 Å². The fraction of sp³-hybridized carbons (Fsp3) is 0.333. The Labute approximate surface area is 115 Å². The lowest BCUT2D eigenvalue weighted by molar-refractivity contribution is -0.155. The summed E-state index contributed by atoms with van der Waals surface area (Å²) in [6.45, 7) is 1.21. The minimum absolute atomic E-state index is 0.0717. The van der Waals surface area contributed by atoms with Crippen LogP contribution in [0.1, 0.15) is 19.8 Å². The lowest BCUT2D eigenvalue weighted by Gasteiger charge is -2.28. The predicted octanol–water partition coefficient (Wildman–Crippen LogP) is 0.948. The number of carbonyl (C=O) groups excluding carboxylic acids is 2. The van der Waals surface area contributed by atoms with E-state index in [1.807, 2.05) is 18.2 Å². The molecule has 102 valence electrons. The second kappa shape index (κ2) is 6.33. The molecule has 0 bridgehead atoms. The lowest BCUT2D eigenvalue weighted by atomic mass is 10.3. The van der Waals surface area contributed by atoms with Crippen molar-refractivity contribution in [2.45, 2.75) is 24.6 Å². The molecule has 2 rings (SSSR count). The second-order valence-electron chi connectivity index (χ2n) is 3.97. The fourth-order valence-corrected chi connectivity index (χ4v) is 1.69. The van der Waals surface area contributed by atoms with Crippen molar-refractivity contribution < 1.29 is 19.5 Å². The first-order valence-electron chi connectivity index (χ1n) is 5.54. The molecule has 7 heteroatoms. The maximum Gasteiger partial charge on any atom is 0.340 e. The van der Waals surface area contributed by atoms with E-state index < -0.39 is 22.7 Å². The number of aromatic nitrogens is 1. The van der Waals surface area contributed by atoms with Crippen molar-refractivity contribution in [3.63, 3.8) is 0 Å². The predicted molar refractivity (Wildman–Crippen MR) is 70.4 cm³/mol.